The zero-order valence-corrected chi connectivity index (χ0v) is 86.6. The predicted octanol–water partition coefficient (Wildman–Crippen LogP) is 17.2. The fourth-order valence-electron chi connectivity index (χ4n) is 17.2. The zero-order chi connectivity index (χ0) is 104. The first-order valence-corrected chi connectivity index (χ1v) is 49.8. The number of imide groups is 5. The number of nitrogens with zero attached hydrogens (tertiary/aromatic N) is 12. The number of nitrogens with one attached hydrogen (secondary N) is 1. The molecule has 1 saturated heterocycles. The normalized spacial score (nSPS) is 13.7. The number of nitro groups is 2. The van der Waals surface area contributed by atoms with Crippen molar-refractivity contribution in [1.82, 2.24) is 39.0 Å². The minimum Gasteiger partial charge on any atom is -1.00 e. The van der Waals surface area contributed by atoms with Gasteiger partial charge in [0.1, 0.15) is 40.1 Å². The highest BCUT2D eigenvalue weighted by Crippen LogP contribution is 2.42. The van der Waals surface area contributed by atoms with Gasteiger partial charge in [0.05, 0.1) is 152 Å². The number of phenols is 1. The van der Waals surface area contributed by atoms with E-state index in [1.807, 2.05) is 30.3 Å². The van der Waals surface area contributed by atoms with E-state index in [1.165, 1.54) is 78.5 Å². The lowest BCUT2D eigenvalue weighted by Gasteiger charge is -2.27. The van der Waals surface area contributed by atoms with Gasteiger partial charge >= 0.3 is 0 Å². The Bertz CT molecular complexity index is 6560. The van der Waals surface area contributed by atoms with E-state index < -0.39 is 9.85 Å². The second kappa shape index (κ2) is 54.4. The van der Waals surface area contributed by atoms with E-state index >= 15 is 0 Å². The SMILES string of the molecule is C.C.C1CCOC1.CC(C)N1CN(C(C)C)c2cc(OCCCCN3C(=O)c4ccccc4C3=O)ccc21.CC(C)n1c[n+](C(C)C)c2ccc(OCCCCN3C(=O)c4ccccc4C3=O)cc21.Nc1ccc(O)cc1[N+](=O)[O-].Nc1ccc(OCCCCN2C(=O)c3ccccc3C2=O)cc1[N+](=O)[O-].O=C1c2ccccc2C(=O)N1CCCCBr.O=C1c2ccccc2C(=O)N1CCCCOc1ccc2nc[nH]c2c1.[I-]. The van der Waals surface area contributed by atoms with E-state index in [2.05, 4.69) is 131 Å². The lowest BCUT2D eigenvalue weighted by Crippen LogP contribution is -3.00. The monoisotopic (exact) mass is 2200 g/mol. The molecule has 0 saturated carbocycles. The number of alkyl halides is 1. The van der Waals surface area contributed by atoms with E-state index in [0.29, 0.717) is 170 Å². The molecular formula is C111H129BrIN15O20. The number of amides is 10. The van der Waals surface area contributed by atoms with Crippen LogP contribution in [0.1, 0.15) is 263 Å². The Morgan fingerprint density at radius 3 is 1.07 bits per heavy atom. The van der Waals surface area contributed by atoms with E-state index in [4.69, 9.17) is 40.3 Å². The number of unbranched alkanes of at least 4 members (excludes halogenated alkanes) is 5. The third-order valence-corrected chi connectivity index (χ3v) is 25.5. The summed E-state index contributed by atoms with van der Waals surface area (Å²) in [6.07, 6.45) is 13.8. The van der Waals surface area contributed by atoms with Crippen LogP contribution < -0.4 is 68.8 Å². The van der Waals surface area contributed by atoms with Gasteiger partial charge in [-0.3, -0.25) is 92.7 Å². The number of aromatic nitrogens is 4. The molecule has 0 bridgehead atoms. The lowest BCUT2D eigenvalue weighted by molar-refractivity contribution is -0.692. The third kappa shape index (κ3) is 28.0. The molecule has 782 valence electrons. The summed E-state index contributed by atoms with van der Waals surface area (Å²) in [7, 11) is 0. The van der Waals surface area contributed by atoms with Crippen molar-refractivity contribution in [2.75, 3.05) is 106 Å². The molecule has 2 aromatic heterocycles. The Labute approximate surface area is 886 Å². The van der Waals surface area contributed by atoms with Gasteiger partial charge in [-0.25, -0.2) is 14.1 Å². The van der Waals surface area contributed by atoms with Crippen molar-refractivity contribution in [3.63, 3.8) is 0 Å². The Morgan fingerprint density at radius 1 is 0.412 bits per heavy atom. The summed E-state index contributed by atoms with van der Waals surface area (Å²) in [4.78, 5) is 161. The molecule has 10 amide bonds. The number of nitrogen functional groups attached to an aromatic ring is 2. The van der Waals surface area contributed by atoms with Crippen LogP contribution >= 0.6 is 15.9 Å². The van der Waals surface area contributed by atoms with Gasteiger partial charge < -0.3 is 79.0 Å². The lowest BCUT2D eigenvalue weighted by atomic mass is 10.1. The summed E-state index contributed by atoms with van der Waals surface area (Å²) in [5.41, 5.74) is 22.0. The number of nitrogens with two attached hydrogens (primary N) is 2. The molecule has 148 heavy (non-hydrogen) atoms. The third-order valence-electron chi connectivity index (χ3n) is 24.9. The van der Waals surface area contributed by atoms with Crippen molar-refractivity contribution >= 4 is 131 Å². The second-order valence-electron chi connectivity index (χ2n) is 36.2. The standard InChI is InChI=1S/C25H31N3O3.C25H30N3O3.C19H17N3O3.C18H17N3O5.C12H12BrNO2.C6H6N2O3.C4H8O.2CH4.HI/c2*1-17(2)27-16-28(18(3)4)23-15-19(11-12-22(23)27)31-14-8-7-13-26-24(29)20-9-5-6-10-21(20)25(26)30;23-18-14-5-1-2-6-15(14)19(24)22(18)9-3-4-10-25-13-7-8-16-17(11-13)21-12-20-16;19-15-8-7-12(11-16(15)21(24)25)26-10-4-3-9-20-17(22)13-5-1-2-6-14(13)18(20)23;13-7-3-4-8-14-11(15)9-5-1-2-6-10(9)12(14)16;7-5-2-1-4(9)3-6(5)8(10)11;1-2-4-5-3-1;;;/h5-6,9-12,15,17-18H,7-8,13-14,16H2,1-4H3;5-6,9-12,15-18H,7-8,13-14H2,1-4H3;1-2,5-8,11-12H,3-4,9-10H2,(H,20,21);1-2,5-8,11H,3-4,9-10,19H2;1-2,5-6H,3-4,7-8H2;1-3,9H,7H2;1-4H2;2*1H4;1H/q;+1;;;;;;;;/p-1. The summed E-state index contributed by atoms with van der Waals surface area (Å²) in [5, 5.41) is 30.8. The summed E-state index contributed by atoms with van der Waals surface area (Å²) in [6.45, 7) is 24.5. The summed E-state index contributed by atoms with van der Waals surface area (Å²) < 4.78 is 32.7. The van der Waals surface area contributed by atoms with Gasteiger partial charge in [-0.2, -0.15) is 0 Å². The van der Waals surface area contributed by atoms with Crippen LogP contribution in [-0.4, -0.2) is 210 Å². The maximum absolute atomic E-state index is 12.4. The highest BCUT2D eigenvalue weighted by Gasteiger charge is 2.40. The average molecular weight is 2200 g/mol. The average Bonchev–Trinajstić information content (AvgIpc) is 1.64. The molecule has 1 fully saturated rings. The quantitative estimate of drug-likeness (QED) is 0.00335. The van der Waals surface area contributed by atoms with Crippen molar-refractivity contribution in [2.24, 2.45) is 0 Å². The van der Waals surface area contributed by atoms with Crippen molar-refractivity contribution in [3.05, 3.63) is 301 Å². The van der Waals surface area contributed by atoms with Crippen LogP contribution in [0.25, 0.3) is 22.1 Å². The molecule has 6 N–H and O–H groups in total. The number of benzene rings is 10. The van der Waals surface area contributed by atoms with Gasteiger partial charge in [0, 0.05) is 81.6 Å². The van der Waals surface area contributed by atoms with Crippen LogP contribution in [0.15, 0.2) is 225 Å². The molecule has 9 heterocycles. The number of hydrogen-bond acceptors (Lipinski definition) is 25. The van der Waals surface area contributed by atoms with Crippen LogP contribution in [0.4, 0.5) is 34.1 Å². The van der Waals surface area contributed by atoms with Gasteiger partial charge in [-0.05, 0) is 254 Å². The first-order valence-electron chi connectivity index (χ1n) is 48.7. The first kappa shape index (κ1) is 115. The molecular weight excluding hydrogens is 2070 g/mol. The first-order chi connectivity index (χ1) is 69.8. The number of rotatable bonds is 34. The molecule has 7 aliphatic heterocycles. The number of imidazole rings is 2. The Hall–Kier alpha value is -15.0. The Morgan fingerprint density at radius 2 is 0.736 bits per heavy atom. The number of nitro benzene ring substituents is 2. The Balaban J connectivity index is 0.000000183. The highest BCUT2D eigenvalue weighted by atomic mass is 127. The van der Waals surface area contributed by atoms with E-state index in [0.717, 1.165) is 104 Å². The molecule has 0 atom stereocenters. The number of ether oxygens (including phenoxy) is 5. The molecule has 0 aliphatic carbocycles. The maximum atomic E-state index is 12.4. The van der Waals surface area contributed by atoms with Crippen molar-refractivity contribution in [1.29, 1.82) is 0 Å². The zero-order valence-electron chi connectivity index (χ0n) is 82.8. The minimum atomic E-state index is -0.644. The number of hydrogen-bond donors (Lipinski definition) is 4. The summed E-state index contributed by atoms with van der Waals surface area (Å²) in [5.74, 6) is 0.617. The van der Waals surface area contributed by atoms with Crippen molar-refractivity contribution < 1.29 is 115 Å². The van der Waals surface area contributed by atoms with E-state index in [1.54, 1.807) is 134 Å². The second-order valence-corrected chi connectivity index (χ2v) is 37.0. The smallest absolute Gasteiger partial charge is 0.295 e. The predicted molar refractivity (Wildman–Crippen MR) is 567 cm³/mol. The van der Waals surface area contributed by atoms with Gasteiger partial charge in [-0.1, -0.05) is 91.4 Å². The molecule has 12 aromatic rings. The molecule has 0 radical (unpaired) electrons. The largest absolute Gasteiger partial charge is 1.00 e. The summed E-state index contributed by atoms with van der Waals surface area (Å²) >= 11 is 3.33. The number of halogens is 2. The number of phenolic OH excluding ortho intramolecular Hbond substituents is 1. The fraction of sp³-hybridized carbons (Fsp3) is 0.351. The van der Waals surface area contributed by atoms with E-state index in [-0.39, 0.29) is 126 Å². The molecule has 0 spiro atoms. The topological polar surface area (TPSA) is 436 Å². The number of aromatic hydroxyl groups is 1. The van der Waals surface area contributed by atoms with Crippen LogP contribution in [0, 0.1) is 20.2 Å². The molecule has 37 heteroatoms. The molecule has 19 rings (SSSR count). The van der Waals surface area contributed by atoms with E-state index in [9.17, 15) is 68.2 Å². The van der Waals surface area contributed by atoms with Crippen molar-refractivity contribution in [3.8, 4) is 28.7 Å². The van der Waals surface area contributed by atoms with Gasteiger partial charge in [0.25, 0.3) is 70.4 Å². The molecule has 35 nitrogen and oxygen atoms in total. The number of fused-ring (bicyclic) bond motifs is 8. The van der Waals surface area contributed by atoms with Crippen LogP contribution in [0.2, 0.25) is 0 Å². The molecule has 10 aromatic carbocycles. The fourth-order valence-corrected chi connectivity index (χ4v) is 17.6. The van der Waals surface area contributed by atoms with Gasteiger partial charge in [-0.15, -0.1) is 0 Å². The minimum absolute atomic E-state index is 0. The van der Waals surface area contributed by atoms with Gasteiger partial charge in [0.15, 0.2) is 11.0 Å². The van der Waals surface area contributed by atoms with Crippen molar-refractivity contribution in [2.45, 2.75) is 171 Å². The number of aromatic amines is 1. The van der Waals surface area contributed by atoms with Crippen LogP contribution in [0.5, 0.6) is 28.7 Å². The van der Waals surface area contributed by atoms with Crippen LogP contribution in [-0.2, 0) is 4.74 Å². The highest BCUT2D eigenvalue weighted by molar-refractivity contribution is 9.09. The number of carbonyl (C=O) groups is 10. The summed E-state index contributed by atoms with van der Waals surface area (Å²) in [6, 6.07) is 62.4. The number of carbonyl (C=O) groups excluding carboxylic acids is 10. The van der Waals surface area contributed by atoms with Crippen LogP contribution in [0.3, 0.4) is 0 Å². The number of H-pyrrole nitrogens is 1. The Kier molecular flexibility index (Phi) is 42.3. The molecule has 0 unspecified atom stereocenters. The van der Waals surface area contributed by atoms with Gasteiger partial charge in [0.2, 0.25) is 6.33 Å². The molecule has 7 aliphatic rings. The maximum Gasteiger partial charge on any atom is 0.295 e. The number of anilines is 4.